The lowest BCUT2D eigenvalue weighted by Crippen LogP contribution is -2.34. The molecular weight excluding hydrogens is 460 g/mol. The van der Waals surface area contributed by atoms with E-state index in [1.54, 1.807) is 29.0 Å². The van der Waals surface area contributed by atoms with E-state index in [1.807, 2.05) is 30.5 Å². The van der Waals surface area contributed by atoms with E-state index in [1.165, 1.54) is 0 Å². The molecule has 1 aliphatic carbocycles. The lowest BCUT2D eigenvalue weighted by Gasteiger charge is -2.33. The Bertz CT molecular complexity index is 1430. The molecule has 4 aromatic rings. The molecule has 0 saturated heterocycles. The maximum atomic E-state index is 11.1. The summed E-state index contributed by atoms with van der Waals surface area (Å²) < 4.78 is 1.79. The fourth-order valence-corrected chi connectivity index (χ4v) is 5.34. The first-order valence-corrected chi connectivity index (χ1v) is 12.5. The van der Waals surface area contributed by atoms with Gasteiger partial charge in [-0.15, -0.1) is 10.2 Å². The second-order valence-corrected chi connectivity index (χ2v) is 10.3. The van der Waals surface area contributed by atoms with Crippen LogP contribution in [0.15, 0.2) is 36.7 Å². The second-order valence-electron chi connectivity index (χ2n) is 9.24. The quantitative estimate of drug-likeness (QED) is 0.401. The number of carbonyl (C=O) groups is 1. The van der Waals surface area contributed by atoms with Crippen LogP contribution in [0.3, 0.4) is 0 Å². The minimum Gasteiger partial charge on any atom is -0.382 e. The molecule has 0 bridgehead atoms. The first-order chi connectivity index (χ1) is 16.9. The molecule has 0 aromatic carbocycles. The normalized spacial score (nSPS) is 17.2. The number of carbonyl (C=O) groups excluding carboxylic acids is 1. The van der Waals surface area contributed by atoms with E-state index in [4.69, 9.17) is 10.2 Å². The average molecular weight is 487 g/mol. The standard InChI is InChI=1S/C25H26N8OS/c1-14(2)30-21-9-22(23-5-4-19-8-17(10-26)12-29-33(19)23)28-13-20(21)25-32-31-24(35-25)18-6-16(7-18)11-27-15(3)34/h4-5,8-9,12-14,16,18H,6-7,11H2,1-3H3,(H,27,34)(H,28,30)/t16-,18+. The summed E-state index contributed by atoms with van der Waals surface area (Å²) in [4.78, 5) is 15.9. The summed E-state index contributed by atoms with van der Waals surface area (Å²) in [5.41, 5.74) is 4.84. The lowest BCUT2D eigenvalue weighted by atomic mass is 9.75. The molecule has 0 aliphatic heterocycles. The van der Waals surface area contributed by atoms with Crippen molar-refractivity contribution in [1.29, 1.82) is 5.26 Å². The highest BCUT2D eigenvalue weighted by molar-refractivity contribution is 7.14. The van der Waals surface area contributed by atoms with Gasteiger partial charge < -0.3 is 10.6 Å². The number of aromatic nitrogens is 5. The molecule has 0 spiro atoms. The number of rotatable bonds is 7. The number of nitrogens with zero attached hydrogens (tertiary/aromatic N) is 6. The molecular formula is C25H26N8OS. The summed E-state index contributed by atoms with van der Waals surface area (Å²) in [5.74, 6) is 0.916. The molecule has 4 heterocycles. The Morgan fingerprint density at radius 2 is 2.09 bits per heavy atom. The van der Waals surface area contributed by atoms with Crippen molar-refractivity contribution in [2.24, 2.45) is 5.92 Å². The largest absolute Gasteiger partial charge is 0.382 e. The van der Waals surface area contributed by atoms with Crippen LogP contribution in [-0.4, -0.2) is 43.3 Å². The van der Waals surface area contributed by atoms with Crippen LogP contribution in [0.4, 0.5) is 5.69 Å². The molecule has 1 fully saturated rings. The van der Waals surface area contributed by atoms with E-state index < -0.39 is 0 Å². The summed E-state index contributed by atoms with van der Waals surface area (Å²) >= 11 is 1.61. The van der Waals surface area contributed by atoms with Crippen molar-refractivity contribution in [3.8, 4) is 28.0 Å². The van der Waals surface area contributed by atoms with E-state index in [9.17, 15) is 4.79 Å². The zero-order valence-corrected chi connectivity index (χ0v) is 20.6. The van der Waals surface area contributed by atoms with Crippen LogP contribution in [-0.2, 0) is 4.79 Å². The van der Waals surface area contributed by atoms with Gasteiger partial charge in [-0.25, -0.2) is 4.52 Å². The minimum absolute atomic E-state index is 0.0172. The Morgan fingerprint density at radius 3 is 2.83 bits per heavy atom. The molecule has 5 rings (SSSR count). The molecule has 0 atom stereocenters. The molecule has 10 heteroatoms. The molecule has 4 aromatic heterocycles. The lowest BCUT2D eigenvalue weighted by molar-refractivity contribution is -0.119. The van der Waals surface area contributed by atoms with E-state index in [2.05, 4.69) is 45.8 Å². The maximum Gasteiger partial charge on any atom is 0.216 e. The van der Waals surface area contributed by atoms with Crippen LogP contribution in [0, 0.1) is 17.2 Å². The number of nitriles is 1. The van der Waals surface area contributed by atoms with Gasteiger partial charge in [-0.2, -0.15) is 10.4 Å². The number of pyridine rings is 1. The van der Waals surface area contributed by atoms with Crippen LogP contribution in [0.2, 0.25) is 0 Å². The highest BCUT2D eigenvalue weighted by atomic mass is 32.1. The zero-order chi connectivity index (χ0) is 24.5. The minimum atomic E-state index is 0.0172. The Hall–Kier alpha value is -3.84. The van der Waals surface area contributed by atoms with Crippen molar-refractivity contribution >= 4 is 28.4 Å². The monoisotopic (exact) mass is 486 g/mol. The van der Waals surface area contributed by atoms with Gasteiger partial charge in [0.2, 0.25) is 5.91 Å². The SMILES string of the molecule is CC(=O)NC[C@H]1C[C@@H](c2nnc(-c3cnc(-c4ccc5cc(C#N)cnn45)cc3NC(C)C)s2)C1. The van der Waals surface area contributed by atoms with E-state index in [-0.39, 0.29) is 11.9 Å². The molecule has 2 N–H and O–H groups in total. The number of fused-ring (bicyclic) bond motifs is 1. The Labute approximate surface area is 207 Å². The molecule has 35 heavy (non-hydrogen) atoms. The van der Waals surface area contributed by atoms with Crippen molar-refractivity contribution in [2.45, 2.75) is 45.6 Å². The van der Waals surface area contributed by atoms with Gasteiger partial charge in [-0.3, -0.25) is 9.78 Å². The van der Waals surface area contributed by atoms with Crippen molar-refractivity contribution in [3.63, 3.8) is 0 Å². The first kappa shape index (κ1) is 22.9. The smallest absolute Gasteiger partial charge is 0.216 e. The Morgan fingerprint density at radius 1 is 1.26 bits per heavy atom. The van der Waals surface area contributed by atoms with Crippen LogP contribution < -0.4 is 10.6 Å². The average Bonchev–Trinajstić information content (AvgIpc) is 3.44. The predicted molar refractivity (Wildman–Crippen MR) is 135 cm³/mol. The summed E-state index contributed by atoms with van der Waals surface area (Å²) in [5, 5.41) is 30.8. The number of anilines is 1. The van der Waals surface area contributed by atoms with E-state index >= 15 is 0 Å². The van der Waals surface area contributed by atoms with E-state index in [0.29, 0.717) is 17.4 Å². The second kappa shape index (κ2) is 9.43. The van der Waals surface area contributed by atoms with Gasteiger partial charge in [-0.1, -0.05) is 11.3 Å². The molecule has 1 amide bonds. The van der Waals surface area contributed by atoms with Crippen molar-refractivity contribution in [2.75, 3.05) is 11.9 Å². The molecule has 9 nitrogen and oxygen atoms in total. The molecule has 1 saturated carbocycles. The fourth-order valence-electron chi connectivity index (χ4n) is 4.35. The van der Waals surface area contributed by atoms with Gasteiger partial charge in [0.15, 0.2) is 5.01 Å². The molecule has 0 radical (unpaired) electrons. The van der Waals surface area contributed by atoms with Gasteiger partial charge in [0.05, 0.1) is 34.2 Å². The van der Waals surface area contributed by atoms with Gasteiger partial charge in [0.1, 0.15) is 11.1 Å². The summed E-state index contributed by atoms with van der Waals surface area (Å²) in [6, 6.07) is 10.1. The third-order valence-corrected chi connectivity index (χ3v) is 7.25. The number of nitrogens with one attached hydrogen (secondary N) is 2. The fraction of sp³-hybridized carbons (Fsp3) is 0.360. The van der Waals surface area contributed by atoms with Crippen LogP contribution in [0.1, 0.15) is 50.1 Å². The third-order valence-electron chi connectivity index (χ3n) is 6.14. The summed E-state index contributed by atoms with van der Waals surface area (Å²) in [6.45, 7) is 6.47. The molecule has 1 aliphatic rings. The summed E-state index contributed by atoms with van der Waals surface area (Å²) in [6.07, 6.45) is 5.44. The van der Waals surface area contributed by atoms with Gasteiger partial charge >= 0.3 is 0 Å². The number of amides is 1. The predicted octanol–water partition coefficient (Wildman–Crippen LogP) is 4.24. The van der Waals surface area contributed by atoms with E-state index in [0.717, 1.165) is 57.6 Å². The van der Waals surface area contributed by atoms with Crippen LogP contribution >= 0.6 is 11.3 Å². The molecule has 178 valence electrons. The van der Waals surface area contributed by atoms with Gasteiger partial charge in [0, 0.05) is 37.3 Å². The van der Waals surface area contributed by atoms with Crippen molar-refractivity contribution in [3.05, 3.63) is 47.2 Å². The van der Waals surface area contributed by atoms with Gasteiger partial charge in [0.25, 0.3) is 0 Å². The zero-order valence-electron chi connectivity index (χ0n) is 19.8. The number of hydrogen-bond donors (Lipinski definition) is 2. The highest BCUT2D eigenvalue weighted by Gasteiger charge is 2.33. The maximum absolute atomic E-state index is 11.1. The third kappa shape index (κ3) is 4.72. The first-order valence-electron chi connectivity index (χ1n) is 11.6. The summed E-state index contributed by atoms with van der Waals surface area (Å²) in [7, 11) is 0. The van der Waals surface area contributed by atoms with Gasteiger partial charge in [-0.05, 0) is 56.9 Å². The van der Waals surface area contributed by atoms with Crippen molar-refractivity contribution in [1.82, 2.24) is 30.1 Å². The topological polar surface area (TPSA) is 121 Å². The van der Waals surface area contributed by atoms with Crippen LogP contribution in [0.5, 0.6) is 0 Å². The number of hydrogen-bond acceptors (Lipinski definition) is 8. The van der Waals surface area contributed by atoms with Crippen LogP contribution in [0.25, 0.3) is 27.5 Å². The van der Waals surface area contributed by atoms with Crippen molar-refractivity contribution < 1.29 is 4.79 Å². The molecule has 0 unspecified atom stereocenters. The Kier molecular flexibility index (Phi) is 6.17. The highest BCUT2D eigenvalue weighted by Crippen LogP contribution is 2.44. The Balaban J connectivity index is 1.41.